The van der Waals surface area contributed by atoms with Gasteiger partial charge in [0.15, 0.2) is 6.29 Å². The Morgan fingerprint density at radius 3 is 2.78 bits per heavy atom. The van der Waals surface area contributed by atoms with E-state index in [1.54, 1.807) is 25.3 Å². The number of rotatable bonds is 9. The van der Waals surface area contributed by atoms with Crippen LogP contribution in [0.1, 0.15) is 16.8 Å². The molecule has 0 unspecified atom stereocenters. The van der Waals surface area contributed by atoms with Gasteiger partial charge in [-0.2, -0.15) is 0 Å². The zero-order valence-electron chi connectivity index (χ0n) is 10.4. The Hall–Kier alpha value is -1.10. The maximum Gasteiger partial charge on any atom is 0.153 e. The van der Waals surface area contributed by atoms with Gasteiger partial charge in [-0.05, 0) is 18.6 Å². The van der Waals surface area contributed by atoms with E-state index in [0.717, 1.165) is 12.7 Å². The molecule has 1 rings (SSSR count). The van der Waals surface area contributed by atoms with E-state index in [1.807, 2.05) is 0 Å². The van der Waals surface area contributed by atoms with Crippen molar-refractivity contribution in [2.75, 3.05) is 33.5 Å². The fourth-order valence-electron chi connectivity index (χ4n) is 1.38. The molecular weight excluding hydrogens is 256 g/mol. The minimum Gasteiger partial charge on any atom is -0.489 e. The summed E-state index contributed by atoms with van der Waals surface area (Å²) in [5, 5.41) is 0.430. The van der Waals surface area contributed by atoms with Crippen LogP contribution in [-0.4, -0.2) is 39.8 Å². The fraction of sp³-hybridized carbons (Fsp3) is 0.462. The van der Waals surface area contributed by atoms with Crippen LogP contribution in [0.25, 0.3) is 0 Å². The summed E-state index contributed by atoms with van der Waals surface area (Å²) in [7, 11) is 1.65. The van der Waals surface area contributed by atoms with Crippen LogP contribution in [0.5, 0.6) is 5.75 Å². The van der Waals surface area contributed by atoms with Crippen molar-refractivity contribution >= 4 is 17.9 Å². The first-order valence-electron chi connectivity index (χ1n) is 5.72. The van der Waals surface area contributed by atoms with Crippen LogP contribution in [0.4, 0.5) is 0 Å². The zero-order valence-corrected chi connectivity index (χ0v) is 11.1. The number of aldehydes is 1. The summed E-state index contributed by atoms with van der Waals surface area (Å²) in [6.45, 7) is 2.12. The lowest BCUT2D eigenvalue weighted by Crippen LogP contribution is -2.09. The van der Waals surface area contributed by atoms with Gasteiger partial charge < -0.3 is 14.2 Å². The zero-order chi connectivity index (χ0) is 13.2. The summed E-state index contributed by atoms with van der Waals surface area (Å²) in [6, 6.07) is 5.05. The van der Waals surface area contributed by atoms with Crippen molar-refractivity contribution in [2.45, 2.75) is 6.42 Å². The van der Waals surface area contributed by atoms with Gasteiger partial charge in [0, 0.05) is 20.3 Å². The highest BCUT2D eigenvalue weighted by atomic mass is 35.5. The fourth-order valence-corrected chi connectivity index (χ4v) is 1.62. The molecule has 0 aromatic heterocycles. The molecule has 0 saturated heterocycles. The van der Waals surface area contributed by atoms with Crippen molar-refractivity contribution in [3.05, 3.63) is 28.8 Å². The van der Waals surface area contributed by atoms with Crippen LogP contribution >= 0.6 is 11.6 Å². The first-order valence-corrected chi connectivity index (χ1v) is 6.10. The smallest absolute Gasteiger partial charge is 0.153 e. The second-order valence-corrected chi connectivity index (χ2v) is 3.99. The van der Waals surface area contributed by atoms with E-state index in [0.29, 0.717) is 42.8 Å². The molecule has 0 heterocycles. The quantitative estimate of drug-likeness (QED) is 0.512. The van der Waals surface area contributed by atoms with Crippen molar-refractivity contribution in [2.24, 2.45) is 0 Å². The lowest BCUT2D eigenvalue weighted by Gasteiger charge is -2.10. The number of carbonyl (C=O) groups excluding carboxylic acids is 1. The molecule has 0 aliphatic heterocycles. The van der Waals surface area contributed by atoms with Gasteiger partial charge in [0.05, 0.1) is 17.2 Å². The van der Waals surface area contributed by atoms with Gasteiger partial charge in [-0.15, -0.1) is 0 Å². The number of hydrogen-bond donors (Lipinski definition) is 0. The maximum absolute atomic E-state index is 10.8. The Kier molecular flexibility index (Phi) is 7.41. The molecule has 1 aromatic carbocycles. The van der Waals surface area contributed by atoms with Gasteiger partial charge in [-0.1, -0.05) is 17.7 Å². The lowest BCUT2D eigenvalue weighted by molar-refractivity contribution is 0.0802. The Morgan fingerprint density at radius 1 is 1.22 bits per heavy atom. The molecule has 4 nitrogen and oxygen atoms in total. The molecule has 100 valence electrons. The average Bonchev–Trinajstić information content (AvgIpc) is 2.39. The molecule has 5 heteroatoms. The van der Waals surface area contributed by atoms with E-state index in [2.05, 4.69) is 0 Å². The molecule has 1 aromatic rings. The molecule has 0 atom stereocenters. The predicted octanol–water partition coefficient (Wildman–Crippen LogP) is 2.58. The number of benzene rings is 1. The summed E-state index contributed by atoms with van der Waals surface area (Å²) in [5.74, 6) is 0.412. The first kappa shape index (κ1) is 15.0. The number of hydrogen-bond acceptors (Lipinski definition) is 4. The maximum atomic E-state index is 10.8. The standard InChI is InChI=1S/C13H17ClO4/c1-16-6-3-7-17-8-9-18-13-11(10-15)4-2-5-12(13)14/h2,4-5,10H,3,6-9H2,1H3. The number of carbonyl (C=O) groups is 1. The molecule has 0 fully saturated rings. The van der Waals surface area contributed by atoms with E-state index in [1.165, 1.54) is 0 Å². The highest BCUT2D eigenvalue weighted by Crippen LogP contribution is 2.27. The van der Waals surface area contributed by atoms with Crippen LogP contribution in [0.3, 0.4) is 0 Å². The molecule has 0 N–H and O–H groups in total. The van der Waals surface area contributed by atoms with E-state index >= 15 is 0 Å². The molecule has 0 saturated carbocycles. The number of ether oxygens (including phenoxy) is 3. The minimum absolute atomic E-state index is 0.359. The van der Waals surface area contributed by atoms with Crippen molar-refractivity contribution in [3.63, 3.8) is 0 Å². The van der Waals surface area contributed by atoms with Gasteiger partial charge in [0.1, 0.15) is 12.4 Å². The average molecular weight is 273 g/mol. The van der Waals surface area contributed by atoms with Gasteiger partial charge >= 0.3 is 0 Å². The lowest BCUT2D eigenvalue weighted by atomic mass is 10.2. The molecule has 18 heavy (non-hydrogen) atoms. The van der Waals surface area contributed by atoms with E-state index in [-0.39, 0.29) is 0 Å². The largest absolute Gasteiger partial charge is 0.489 e. The van der Waals surface area contributed by atoms with Gasteiger partial charge in [0.25, 0.3) is 0 Å². The molecule has 0 radical (unpaired) electrons. The first-order chi connectivity index (χ1) is 8.79. The number of methoxy groups -OCH3 is 1. The Bertz CT molecular complexity index is 368. The van der Waals surface area contributed by atoms with E-state index in [9.17, 15) is 4.79 Å². The SMILES string of the molecule is COCCCOCCOc1c(Cl)cccc1C=O. The Balaban J connectivity index is 2.29. The van der Waals surface area contributed by atoms with E-state index in [4.69, 9.17) is 25.8 Å². The van der Waals surface area contributed by atoms with Crippen molar-refractivity contribution in [3.8, 4) is 5.75 Å². The second-order valence-electron chi connectivity index (χ2n) is 3.58. The molecular formula is C13H17ClO4. The predicted molar refractivity (Wildman–Crippen MR) is 69.6 cm³/mol. The third-order valence-electron chi connectivity index (χ3n) is 2.24. The molecule has 0 aliphatic carbocycles. The minimum atomic E-state index is 0.359. The summed E-state index contributed by atoms with van der Waals surface area (Å²) in [5.41, 5.74) is 0.446. The normalized spacial score (nSPS) is 10.3. The molecule has 0 aliphatic rings. The molecule has 0 spiro atoms. The van der Waals surface area contributed by atoms with Crippen molar-refractivity contribution < 1.29 is 19.0 Å². The number of para-hydroxylation sites is 1. The van der Waals surface area contributed by atoms with Crippen molar-refractivity contribution in [1.29, 1.82) is 0 Å². The summed E-state index contributed by atoms with van der Waals surface area (Å²) in [6.07, 6.45) is 1.57. The second kappa shape index (κ2) is 8.91. The summed E-state index contributed by atoms with van der Waals surface area (Å²) >= 11 is 5.95. The summed E-state index contributed by atoms with van der Waals surface area (Å²) in [4.78, 5) is 10.8. The van der Waals surface area contributed by atoms with Gasteiger partial charge in [-0.3, -0.25) is 4.79 Å². The molecule has 0 amide bonds. The monoisotopic (exact) mass is 272 g/mol. The molecule has 0 bridgehead atoms. The van der Waals surface area contributed by atoms with Crippen LogP contribution in [0.2, 0.25) is 5.02 Å². The van der Waals surface area contributed by atoms with E-state index < -0.39 is 0 Å². The topological polar surface area (TPSA) is 44.8 Å². The van der Waals surface area contributed by atoms with Gasteiger partial charge in [0.2, 0.25) is 0 Å². The van der Waals surface area contributed by atoms with Crippen LogP contribution < -0.4 is 4.74 Å². The van der Waals surface area contributed by atoms with Crippen LogP contribution in [0.15, 0.2) is 18.2 Å². The Morgan fingerprint density at radius 2 is 2.06 bits per heavy atom. The van der Waals surface area contributed by atoms with Crippen LogP contribution in [-0.2, 0) is 9.47 Å². The number of halogens is 1. The summed E-state index contributed by atoms with van der Waals surface area (Å²) < 4.78 is 15.7. The highest BCUT2D eigenvalue weighted by molar-refractivity contribution is 6.32. The highest BCUT2D eigenvalue weighted by Gasteiger charge is 2.07. The van der Waals surface area contributed by atoms with Crippen molar-refractivity contribution in [1.82, 2.24) is 0 Å². The Labute approximate surface area is 112 Å². The van der Waals surface area contributed by atoms with Gasteiger partial charge in [-0.25, -0.2) is 0 Å². The third-order valence-corrected chi connectivity index (χ3v) is 2.53. The third kappa shape index (κ3) is 5.04. The van der Waals surface area contributed by atoms with Crippen LogP contribution in [0, 0.1) is 0 Å².